The van der Waals surface area contributed by atoms with Crippen molar-refractivity contribution in [2.45, 2.75) is 0 Å². The van der Waals surface area contributed by atoms with Crippen LogP contribution >= 0.6 is 0 Å². The van der Waals surface area contributed by atoms with E-state index in [1.54, 1.807) is 7.11 Å². The quantitative estimate of drug-likeness (QED) is 0.516. The van der Waals surface area contributed by atoms with E-state index in [-0.39, 0.29) is 12.4 Å². The molecule has 0 spiro atoms. The molecule has 0 radical (unpaired) electrons. The third-order valence-electron chi connectivity index (χ3n) is 2.66. The van der Waals surface area contributed by atoms with Crippen molar-refractivity contribution in [2.24, 2.45) is 0 Å². The lowest BCUT2D eigenvalue weighted by Crippen LogP contribution is -3.00. The van der Waals surface area contributed by atoms with Crippen LogP contribution in [0.1, 0.15) is 0 Å². The van der Waals surface area contributed by atoms with Crippen LogP contribution in [0.4, 0.5) is 5.95 Å². The first kappa shape index (κ1) is 13.1. The van der Waals surface area contributed by atoms with E-state index in [1.165, 1.54) is 6.33 Å². The fourth-order valence-corrected chi connectivity index (χ4v) is 1.58. The summed E-state index contributed by atoms with van der Waals surface area (Å²) in [6.45, 7) is 3.25. The van der Waals surface area contributed by atoms with Crippen LogP contribution in [0.25, 0.3) is 0 Å². The Morgan fingerprint density at radius 1 is 1.31 bits per heavy atom. The summed E-state index contributed by atoms with van der Waals surface area (Å²) in [6.07, 6.45) is 1.49. The predicted molar refractivity (Wildman–Crippen MR) is 54.7 cm³/mol. The zero-order chi connectivity index (χ0) is 10.7. The molecule has 1 aliphatic heterocycles. The minimum absolute atomic E-state index is 0. The Kier molecular flexibility index (Phi) is 4.40. The number of nitrogens with zero attached hydrogens (tertiary/aromatic N) is 4. The van der Waals surface area contributed by atoms with Crippen LogP contribution in [0.3, 0.4) is 0 Å². The summed E-state index contributed by atoms with van der Waals surface area (Å²) in [4.78, 5) is 12.4. The van der Waals surface area contributed by atoms with Crippen molar-refractivity contribution in [3.63, 3.8) is 0 Å². The minimum Gasteiger partial charge on any atom is -1.00 e. The summed E-state index contributed by atoms with van der Waals surface area (Å²) < 4.78 is 11.0. The second-order valence-electron chi connectivity index (χ2n) is 3.73. The second kappa shape index (κ2) is 5.38. The zero-order valence-corrected chi connectivity index (χ0v) is 10.1. The number of methoxy groups -OCH3 is 1. The standard InChI is InChI=1S/C9H15N4O2.ClH/c1-13(3-5-15-6-4-13)8-10-7-11-9(12-8)14-2;/h7H,3-6H2,1-2H3;1H/q+1;/p-1. The third-order valence-corrected chi connectivity index (χ3v) is 2.66. The predicted octanol–water partition coefficient (Wildman–Crippen LogP) is -3.15. The topological polar surface area (TPSA) is 57.1 Å². The number of likely N-dealkylation sites (N-methyl/N-ethyl adjacent to an activating group) is 1. The number of halogens is 1. The van der Waals surface area contributed by atoms with E-state index in [9.17, 15) is 0 Å². The number of quaternary nitrogens is 1. The number of hydrogen-bond donors (Lipinski definition) is 0. The number of morpholine rings is 1. The van der Waals surface area contributed by atoms with Gasteiger partial charge < -0.3 is 21.9 Å². The zero-order valence-electron chi connectivity index (χ0n) is 9.39. The Labute approximate surface area is 101 Å². The van der Waals surface area contributed by atoms with E-state index in [0.29, 0.717) is 10.5 Å². The van der Waals surface area contributed by atoms with Crippen molar-refractivity contribution in [1.29, 1.82) is 0 Å². The van der Waals surface area contributed by atoms with Gasteiger partial charge in [0.2, 0.25) is 0 Å². The molecule has 0 aliphatic carbocycles. The average molecular weight is 247 g/mol. The van der Waals surface area contributed by atoms with E-state index in [1.807, 2.05) is 0 Å². The first-order chi connectivity index (χ1) is 7.24. The van der Waals surface area contributed by atoms with E-state index in [4.69, 9.17) is 9.47 Å². The lowest BCUT2D eigenvalue weighted by molar-refractivity contribution is -0.00000568. The molecule has 16 heavy (non-hydrogen) atoms. The van der Waals surface area contributed by atoms with E-state index in [0.717, 1.165) is 32.3 Å². The molecule has 1 aromatic heterocycles. The Morgan fingerprint density at radius 2 is 2.00 bits per heavy atom. The molecule has 6 nitrogen and oxygen atoms in total. The van der Waals surface area contributed by atoms with Gasteiger partial charge in [-0.1, -0.05) is 0 Å². The van der Waals surface area contributed by atoms with Crippen LogP contribution in [0.2, 0.25) is 0 Å². The van der Waals surface area contributed by atoms with E-state index >= 15 is 0 Å². The molecule has 0 unspecified atom stereocenters. The van der Waals surface area contributed by atoms with Crippen molar-refractivity contribution >= 4 is 5.95 Å². The Bertz CT molecular complexity index is 344. The maximum atomic E-state index is 5.32. The second-order valence-corrected chi connectivity index (χ2v) is 3.73. The largest absolute Gasteiger partial charge is 1.00 e. The fourth-order valence-electron chi connectivity index (χ4n) is 1.58. The Morgan fingerprint density at radius 3 is 2.62 bits per heavy atom. The molecule has 1 aromatic rings. The molecular weight excluding hydrogens is 232 g/mol. The van der Waals surface area contributed by atoms with Crippen LogP contribution in [0, 0.1) is 0 Å². The van der Waals surface area contributed by atoms with Crippen molar-refractivity contribution < 1.29 is 21.9 Å². The summed E-state index contributed by atoms with van der Waals surface area (Å²) >= 11 is 0. The maximum Gasteiger partial charge on any atom is 0.334 e. The van der Waals surface area contributed by atoms with Gasteiger partial charge in [-0.25, -0.2) is 0 Å². The molecule has 2 rings (SSSR count). The number of rotatable bonds is 2. The normalized spacial score (nSPS) is 18.6. The lowest BCUT2D eigenvalue weighted by Gasteiger charge is -2.34. The van der Waals surface area contributed by atoms with Gasteiger partial charge in [-0.15, -0.1) is 4.98 Å². The monoisotopic (exact) mass is 246 g/mol. The van der Waals surface area contributed by atoms with Gasteiger partial charge in [-0.3, -0.25) is 4.48 Å². The van der Waals surface area contributed by atoms with Gasteiger partial charge in [0.1, 0.15) is 19.4 Å². The van der Waals surface area contributed by atoms with E-state index in [2.05, 4.69) is 22.0 Å². The molecule has 1 saturated heterocycles. The number of hydrogen-bond acceptors (Lipinski definition) is 5. The summed E-state index contributed by atoms with van der Waals surface area (Å²) in [5, 5.41) is 0. The van der Waals surface area contributed by atoms with Gasteiger partial charge >= 0.3 is 12.0 Å². The molecule has 1 fully saturated rings. The number of aromatic nitrogens is 3. The van der Waals surface area contributed by atoms with Crippen LogP contribution in [0.15, 0.2) is 6.33 Å². The highest BCUT2D eigenvalue weighted by atomic mass is 35.5. The summed E-state index contributed by atoms with van der Waals surface area (Å²) in [7, 11) is 3.65. The molecule has 90 valence electrons. The van der Waals surface area contributed by atoms with Crippen LogP contribution in [-0.2, 0) is 4.74 Å². The first-order valence-electron chi connectivity index (χ1n) is 4.90. The van der Waals surface area contributed by atoms with Crippen molar-refractivity contribution in [3.05, 3.63) is 6.33 Å². The molecular formula is C9H15ClN4O2. The van der Waals surface area contributed by atoms with Gasteiger partial charge in [-0.2, -0.15) is 9.97 Å². The van der Waals surface area contributed by atoms with Gasteiger partial charge in [0.05, 0.1) is 27.4 Å². The van der Waals surface area contributed by atoms with Crippen LogP contribution in [0.5, 0.6) is 6.01 Å². The molecule has 0 N–H and O–H groups in total. The van der Waals surface area contributed by atoms with Gasteiger partial charge in [-0.05, 0) is 0 Å². The van der Waals surface area contributed by atoms with E-state index < -0.39 is 0 Å². The molecule has 7 heteroatoms. The van der Waals surface area contributed by atoms with Gasteiger partial charge in [0.25, 0.3) is 0 Å². The highest BCUT2D eigenvalue weighted by molar-refractivity contribution is 5.24. The van der Waals surface area contributed by atoms with Crippen molar-refractivity contribution in [2.75, 3.05) is 40.5 Å². The SMILES string of the molecule is COc1ncnc([N+]2(C)CCOCC2)n1.[Cl-]. The lowest BCUT2D eigenvalue weighted by atomic mass is 10.4. The third kappa shape index (κ3) is 2.58. The smallest absolute Gasteiger partial charge is 0.334 e. The minimum atomic E-state index is 0. The van der Waals surface area contributed by atoms with Gasteiger partial charge in [0, 0.05) is 0 Å². The molecule has 0 atom stereocenters. The molecule has 0 saturated carbocycles. The Hall–Kier alpha value is -0.980. The highest BCUT2D eigenvalue weighted by Crippen LogP contribution is 2.18. The molecule has 0 bridgehead atoms. The summed E-state index contributed by atoms with van der Waals surface area (Å²) in [5.41, 5.74) is 0. The molecule has 1 aliphatic rings. The Balaban J connectivity index is 0.00000128. The average Bonchev–Trinajstić information content (AvgIpc) is 2.30. The molecule has 2 heterocycles. The molecule has 0 aromatic carbocycles. The molecule has 0 amide bonds. The van der Waals surface area contributed by atoms with Crippen LogP contribution in [-0.4, -0.2) is 55.4 Å². The fraction of sp³-hybridized carbons (Fsp3) is 0.667. The summed E-state index contributed by atoms with van der Waals surface area (Å²) in [5.74, 6) is 0.741. The number of ether oxygens (including phenoxy) is 2. The van der Waals surface area contributed by atoms with Crippen molar-refractivity contribution in [1.82, 2.24) is 19.4 Å². The van der Waals surface area contributed by atoms with Gasteiger partial charge in [0.15, 0.2) is 0 Å². The van der Waals surface area contributed by atoms with Crippen LogP contribution < -0.4 is 21.6 Å². The highest BCUT2D eigenvalue weighted by Gasteiger charge is 2.31. The van der Waals surface area contributed by atoms with Crippen molar-refractivity contribution in [3.8, 4) is 6.01 Å². The summed E-state index contributed by atoms with van der Waals surface area (Å²) in [6, 6.07) is 0.367. The first-order valence-corrected chi connectivity index (χ1v) is 4.90. The maximum absolute atomic E-state index is 5.32.